The van der Waals surface area contributed by atoms with Crippen LogP contribution in [0.25, 0.3) is 11.0 Å². The second kappa shape index (κ2) is 9.37. The van der Waals surface area contributed by atoms with Gasteiger partial charge in [-0.05, 0) is 44.9 Å². The molecule has 0 saturated carbocycles. The van der Waals surface area contributed by atoms with Crippen molar-refractivity contribution in [2.75, 3.05) is 0 Å². The number of fused-ring (bicyclic) bond motifs is 3. The minimum absolute atomic E-state index is 0.231. The van der Waals surface area contributed by atoms with Crippen molar-refractivity contribution in [3.8, 4) is 5.75 Å². The van der Waals surface area contributed by atoms with Crippen LogP contribution >= 0.6 is 0 Å². The monoisotopic (exact) mass is 428 g/mol. The normalized spacial score (nSPS) is 19.6. The number of esters is 2. The first-order valence-electron chi connectivity index (χ1n) is 10.6. The molecule has 7 nitrogen and oxygen atoms in total. The number of hydrogen-bond acceptors (Lipinski definition) is 7. The van der Waals surface area contributed by atoms with Crippen LogP contribution in [0.3, 0.4) is 0 Å². The van der Waals surface area contributed by atoms with Crippen LogP contribution in [-0.4, -0.2) is 23.6 Å². The van der Waals surface area contributed by atoms with Crippen molar-refractivity contribution in [3.63, 3.8) is 0 Å². The fourth-order valence-corrected chi connectivity index (χ4v) is 3.58. The molecule has 0 amide bonds. The van der Waals surface area contributed by atoms with Crippen LogP contribution in [-0.2, 0) is 19.1 Å². The number of carbonyl (C=O) groups is 2. The quantitative estimate of drug-likeness (QED) is 0.361. The molecule has 0 unspecified atom stereocenters. The maximum absolute atomic E-state index is 12.6. The fraction of sp³-hybridized carbons (Fsp3) is 0.458. The molecule has 3 rings (SSSR count). The van der Waals surface area contributed by atoms with E-state index in [1.807, 2.05) is 13.8 Å². The molecular formula is C24H28O7. The van der Waals surface area contributed by atoms with Gasteiger partial charge in [0.25, 0.3) is 0 Å². The van der Waals surface area contributed by atoms with Gasteiger partial charge in [0.2, 0.25) is 0 Å². The molecule has 0 radical (unpaired) electrons. The van der Waals surface area contributed by atoms with Crippen LogP contribution in [0.4, 0.5) is 0 Å². The van der Waals surface area contributed by atoms with Gasteiger partial charge >= 0.3 is 17.6 Å². The van der Waals surface area contributed by atoms with E-state index in [2.05, 4.69) is 0 Å². The Morgan fingerprint density at radius 1 is 1.13 bits per heavy atom. The summed E-state index contributed by atoms with van der Waals surface area (Å²) in [5.74, 6) is -0.573. The Labute approximate surface area is 181 Å². The van der Waals surface area contributed by atoms with Gasteiger partial charge in [0, 0.05) is 23.9 Å². The fourth-order valence-electron chi connectivity index (χ4n) is 3.58. The van der Waals surface area contributed by atoms with Crippen molar-refractivity contribution in [1.29, 1.82) is 0 Å². The van der Waals surface area contributed by atoms with Gasteiger partial charge in [0.05, 0.1) is 5.56 Å². The molecule has 7 heteroatoms. The lowest BCUT2D eigenvalue weighted by Crippen LogP contribution is -2.52. The largest absolute Gasteiger partial charge is 0.483 e. The minimum atomic E-state index is -0.999. The van der Waals surface area contributed by atoms with Gasteiger partial charge < -0.3 is 18.6 Å². The summed E-state index contributed by atoms with van der Waals surface area (Å²) < 4.78 is 23.1. The SMILES string of the molecule is CCC=CC(=O)O[C@@H]1[C@@H](OC(=O)CCCC)c2c(ccc3ccc(=O)oc23)OC1(C)C. The zero-order valence-corrected chi connectivity index (χ0v) is 18.3. The van der Waals surface area contributed by atoms with Gasteiger partial charge in [-0.1, -0.05) is 26.3 Å². The zero-order valence-electron chi connectivity index (χ0n) is 18.3. The number of benzene rings is 1. The highest BCUT2D eigenvalue weighted by molar-refractivity contribution is 5.84. The third kappa shape index (κ3) is 4.98. The van der Waals surface area contributed by atoms with Crippen molar-refractivity contribution >= 4 is 22.9 Å². The Balaban J connectivity index is 2.12. The molecule has 0 fully saturated rings. The third-order valence-electron chi connectivity index (χ3n) is 5.13. The van der Waals surface area contributed by atoms with E-state index < -0.39 is 35.4 Å². The first-order chi connectivity index (χ1) is 14.8. The molecule has 166 valence electrons. The standard InChI is InChI=1S/C24H28O7/c1-5-7-9-17(25)29-22-20-16(13-11-15-12-14-19(27)28-21(15)20)31-24(3,4)23(22)30-18(26)10-8-6-2/h8,10-14,22-23H,5-7,9H2,1-4H3/t22-,23+/m0/s1. The topological polar surface area (TPSA) is 92.0 Å². The smallest absolute Gasteiger partial charge is 0.336 e. The molecule has 2 aromatic rings. The Hall–Kier alpha value is -3.09. The Kier molecular flexibility index (Phi) is 6.83. The van der Waals surface area contributed by atoms with Gasteiger partial charge in [-0.15, -0.1) is 0 Å². The summed E-state index contributed by atoms with van der Waals surface area (Å²) >= 11 is 0. The number of hydrogen-bond donors (Lipinski definition) is 0. The maximum Gasteiger partial charge on any atom is 0.336 e. The number of rotatable bonds is 7. The van der Waals surface area contributed by atoms with E-state index in [1.54, 1.807) is 38.1 Å². The van der Waals surface area contributed by atoms with Gasteiger partial charge in [-0.2, -0.15) is 0 Å². The molecule has 0 spiro atoms. The van der Waals surface area contributed by atoms with E-state index >= 15 is 0 Å². The number of ether oxygens (including phenoxy) is 3. The summed E-state index contributed by atoms with van der Waals surface area (Å²) in [5, 5.41) is 0.646. The van der Waals surface area contributed by atoms with Crippen LogP contribution < -0.4 is 10.4 Å². The van der Waals surface area contributed by atoms with E-state index in [9.17, 15) is 14.4 Å². The first kappa shape index (κ1) is 22.6. The second-order valence-corrected chi connectivity index (χ2v) is 8.04. The second-order valence-electron chi connectivity index (χ2n) is 8.04. The summed E-state index contributed by atoms with van der Waals surface area (Å²) in [6.45, 7) is 7.40. The maximum atomic E-state index is 12.6. The Morgan fingerprint density at radius 3 is 2.58 bits per heavy atom. The molecule has 0 bridgehead atoms. The summed E-state index contributed by atoms with van der Waals surface area (Å²) in [7, 11) is 0. The predicted octanol–water partition coefficient (Wildman–Crippen LogP) is 4.62. The highest BCUT2D eigenvalue weighted by atomic mass is 16.6. The highest BCUT2D eigenvalue weighted by Crippen LogP contribution is 2.46. The summed E-state index contributed by atoms with van der Waals surface area (Å²) in [5.41, 5.74) is -0.905. The number of unbranched alkanes of at least 4 members (excludes halogenated alkanes) is 1. The number of carbonyl (C=O) groups excluding carboxylic acids is 2. The van der Waals surface area contributed by atoms with Crippen LogP contribution in [0, 0.1) is 0 Å². The summed E-state index contributed by atoms with van der Waals surface area (Å²) in [4.78, 5) is 36.9. The average Bonchev–Trinajstić information content (AvgIpc) is 2.72. The van der Waals surface area contributed by atoms with Gasteiger partial charge in [-0.3, -0.25) is 4.79 Å². The van der Waals surface area contributed by atoms with Crippen molar-refractivity contribution < 1.29 is 28.2 Å². The molecule has 0 aliphatic carbocycles. The van der Waals surface area contributed by atoms with Crippen LogP contribution in [0.2, 0.25) is 0 Å². The lowest BCUT2D eigenvalue weighted by atomic mass is 9.87. The molecule has 2 heterocycles. The van der Waals surface area contributed by atoms with E-state index in [1.165, 1.54) is 12.1 Å². The minimum Gasteiger partial charge on any atom is -0.483 e. The van der Waals surface area contributed by atoms with Crippen molar-refractivity contribution in [3.05, 3.63) is 52.4 Å². The van der Waals surface area contributed by atoms with E-state index in [4.69, 9.17) is 18.6 Å². The van der Waals surface area contributed by atoms with Crippen molar-refractivity contribution in [2.45, 2.75) is 71.2 Å². The zero-order chi connectivity index (χ0) is 22.6. The molecule has 1 aromatic carbocycles. The van der Waals surface area contributed by atoms with Crippen LogP contribution in [0.5, 0.6) is 5.75 Å². The van der Waals surface area contributed by atoms with Crippen LogP contribution in [0.1, 0.15) is 65.0 Å². The van der Waals surface area contributed by atoms with Gasteiger partial charge in [0.1, 0.15) is 16.9 Å². The van der Waals surface area contributed by atoms with Gasteiger partial charge in [-0.25, -0.2) is 9.59 Å². The average molecular weight is 428 g/mol. The predicted molar refractivity (Wildman–Crippen MR) is 115 cm³/mol. The molecule has 1 aliphatic heterocycles. The highest BCUT2D eigenvalue weighted by Gasteiger charge is 2.49. The van der Waals surface area contributed by atoms with E-state index in [0.29, 0.717) is 29.5 Å². The van der Waals surface area contributed by atoms with E-state index in [0.717, 1.165) is 6.42 Å². The lowest BCUT2D eigenvalue weighted by molar-refractivity contribution is -0.187. The summed E-state index contributed by atoms with van der Waals surface area (Å²) in [6.07, 6.45) is 3.50. The molecular weight excluding hydrogens is 400 g/mol. The van der Waals surface area contributed by atoms with Crippen molar-refractivity contribution in [1.82, 2.24) is 0 Å². The first-order valence-corrected chi connectivity index (χ1v) is 10.6. The number of allylic oxidation sites excluding steroid dienone is 1. The molecule has 0 N–H and O–H groups in total. The lowest BCUT2D eigenvalue weighted by Gasteiger charge is -2.43. The molecule has 2 atom stereocenters. The molecule has 0 saturated heterocycles. The van der Waals surface area contributed by atoms with Crippen LogP contribution in [0.15, 0.2) is 45.6 Å². The Bertz CT molecular complexity index is 1050. The van der Waals surface area contributed by atoms with Gasteiger partial charge in [0.15, 0.2) is 12.2 Å². The molecule has 1 aromatic heterocycles. The van der Waals surface area contributed by atoms with E-state index in [-0.39, 0.29) is 12.0 Å². The molecule has 1 aliphatic rings. The molecule has 31 heavy (non-hydrogen) atoms. The van der Waals surface area contributed by atoms with Crippen molar-refractivity contribution in [2.24, 2.45) is 0 Å². The summed E-state index contributed by atoms with van der Waals surface area (Å²) in [6, 6.07) is 6.45. The Morgan fingerprint density at radius 2 is 1.87 bits per heavy atom. The third-order valence-corrected chi connectivity index (χ3v) is 5.13.